The molecule has 1 fully saturated rings. The van der Waals surface area contributed by atoms with Crippen molar-refractivity contribution >= 4 is 11.9 Å². The van der Waals surface area contributed by atoms with Crippen molar-refractivity contribution in [2.24, 2.45) is 7.05 Å². The molecule has 2 heterocycles. The topological polar surface area (TPSA) is 92.5 Å². The summed E-state index contributed by atoms with van der Waals surface area (Å²) in [6.45, 7) is 0.403. The van der Waals surface area contributed by atoms with E-state index in [2.05, 4.69) is 5.10 Å². The first kappa shape index (κ1) is 13.3. The molecular formula is C12H15N3O4. The fraction of sp³-hybridized carbons (Fsp3) is 0.500. The summed E-state index contributed by atoms with van der Waals surface area (Å²) in [6, 6.07) is 1.78. The summed E-state index contributed by atoms with van der Waals surface area (Å²) in [6.07, 6.45) is 2.02. The number of carbonyl (C=O) groups is 2. The third kappa shape index (κ3) is 2.64. The van der Waals surface area contributed by atoms with Gasteiger partial charge in [0, 0.05) is 19.7 Å². The van der Waals surface area contributed by atoms with Crippen molar-refractivity contribution < 1.29 is 14.7 Å². The quantitative estimate of drug-likeness (QED) is 0.803. The average Bonchev–Trinajstić information content (AvgIpc) is 2.41. The molecule has 1 aromatic rings. The Morgan fingerprint density at radius 3 is 2.74 bits per heavy atom. The molecule has 0 radical (unpaired) electrons. The van der Waals surface area contributed by atoms with Crippen LogP contribution in [0.4, 0.5) is 0 Å². The molecule has 1 amide bonds. The molecule has 0 bridgehead atoms. The Bertz CT molecular complexity index is 566. The maximum Gasteiger partial charge on any atom is 0.326 e. The lowest BCUT2D eigenvalue weighted by Gasteiger charge is -2.32. The van der Waals surface area contributed by atoms with Gasteiger partial charge in [-0.1, -0.05) is 0 Å². The van der Waals surface area contributed by atoms with Gasteiger partial charge in [-0.05, 0) is 25.3 Å². The highest BCUT2D eigenvalue weighted by Gasteiger charge is 2.33. The average molecular weight is 265 g/mol. The smallest absolute Gasteiger partial charge is 0.326 e. The van der Waals surface area contributed by atoms with Crippen molar-refractivity contribution in [3.05, 3.63) is 28.2 Å². The number of likely N-dealkylation sites (tertiary alicyclic amines) is 1. The number of piperidine rings is 1. The summed E-state index contributed by atoms with van der Waals surface area (Å²) < 4.78 is 1.06. The van der Waals surface area contributed by atoms with Gasteiger partial charge in [0.1, 0.15) is 11.7 Å². The number of hydrogen-bond donors (Lipinski definition) is 1. The van der Waals surface area contributed by atoms with Gasteiger partial charge in [0.05, 0.1) is 0 Å². The van der Waals surface area contributed by atoms with Gasteiger partial charge in [0.25, 0.3) is 11.5 Å². The Kier molecular flexibility index (Phi) is 3.64. The van der Waals surface area contributed by atoms with Crippen LogP contribution in [-0.2, 0) is 11.8 Å². The number of carboxylic acid groups (broad SMARTS) is 1. The summed E-state index contributed by atoms with van der Waals surface area (Å²) in [5.41, 5.74) is -0.222. The van der Waals surface area contributed by atoms with Crippen molar-refractivity contribution in [3.63, 3.8) is 0 Å². The van der Waals surface area contributed by atoms with Crippen molar-refractivity contribution in [1.82, 2.24) is 14.7 Å². The summed E-state index contributed by atoms with van der Waals surface area (Å²) in [4.78, 5) is 36.0. The van der Waals surface area contributed by atoms with E-state index in [-0.39, 0.29) is 11.3 Å². The lowest BCUT2D eigenvalue weighted by Crippen LogP contribution is -2.48. The molecule has 7 nitrogen and oxygen atoms in total. The monoisotopic (exact) mass is 265 g/mol. The van der Waals surface area contributed by atoms with Crippen molar-refractivity contribution in [1.29, 1.82) is 0 Å². The molecule has 1 N–H and O–H groups in total. The lowest BCUT2D eigenvalue weighted by atomic mass is 10.0. The van der Waals surface area contributed by atoms with E-state index in [0.717, 1.165) is 17.5 Å². The van der Waals surface area contributed by atoms with Gasteiger partial charge in [0.2, 0.25) is 0 Å². The normalized spacial score (nSPS) is 19.2. The maximum atomic E-state index is 12.3. The Labute approximate surface area is 109 Å². The first-order valence-electron chi connectivity index (χ1n) is 6.09. The minimum Gasteiger partial charge on any atom is -0.480 e. The van der Waals surface area contributed by atoms with Gasteiger partial charge in [-0.15, -0.1) is 0 Å². The molecule has 7 heteroatoms. The van der Waals surface area contributed by atoms with E-state index in [1.165, 1.54) is 24.1 Å². The number of aromatic nitrogens is 2. The fourth-order valence-electron chi connectivity index (χ4n) is 2.19. The van der Waals surface area contributed by atoms with Crippen LogP contribution in [0.5, 0.6) is 0 Å². The van der Waals surface area contributed by atoms with E-state index in [1.807, 2.05) is 0 Å². The van der Waals surface area contributed by atoms with Crippen molar-refractivity contribution in [2.45, 2.75) is 25.3 Å². The number of hydrogen-bond acceptors (Lipinski definition) is 4. The van der Waals surface area contributed by atoms with Gasteiger partial charge < -0.3 is 10.0 Å². The largest absolute Gasteiger partial charge is 0.480 e. The molecule has 2 rings (SSSR count). The number of carboxylic acids is 1. The van der Waals surface area contributed by atoms with E-state index in [9.17, 15) is 14.4 Å². The zero-order valence-corrected chi connectivity index (χ0v) is 10.6. The van der Waals surface area contributed by atoms with E-state index < -0.39 is 17.9 Å². The highest BCUT2D eigenvalue weighted by Crippen LogP contribution is 2.19. The van der Waals surface area contributed by atoms with Gasteiger partial charge >= 0.3 is 5.97 Å². The number of rotatable bonds is 2. The fourth-order valence-corrected chi connectivity index (χ4v) is 2.19. The van der Waals surface area contributed by atoms with Gasteiger partial charge in [-0.25, -0.2) is 9.48 Å². The number of carbonyl (C=O) groups excluding carboxylic acids is 1. The number of amides is 1. The predicted molar refractivity (Wildman–Crippen MR) is 65.8 cm³/mol. The van der Waals surface area contributed by atoms with Crippen LogP contribution in [-0.4, -0.2) is 44.3 Å². The molecule has 0 aromatic carbocycles. The summed E-state index contributed by atoms with van der Waals surface area (Å²) >= 11 is 0. The molecule has 0 spiro atoms. The SMILES string of the molecule is Cn1nc(C(=O)N2CCCC[C@H]2C(=O)O)ccc1=O. The Morgan fingerprint density at radius 2 is 2.11 bits per heavy atom. The second-order valence-corrected chi connectivity index (χ2v) is 4.53. The van der Waals surface area contributed by atoms with Gasteiger partial charge in [0.15, 0.2) is 0 Å². The van der Waals surface area contributed by atoms with Crippen LogP contribution < -0.4 is 5.56 Å². The van der Waals surface area contributed by atoms with E-state index in [0.29, 0.717) is 13.0 Å². The van der Waals surface area contributed by atoms with E-state index in [4.69, 9.17) is 5.11 Å². The summed E-state index contributed by atoms with van der Waals surface area (Å²) in [7, 11) is 1.45. The standard InChI is InChI=1S/C12H15N3O4/c1-14-10(16)6-5-8(13-14)11(17)15-7-3-2-4-9(15)12(18)19/h5-6,9H,2-4,7H2,1H3,(H,18,19)/t9-/m0/s1. The van der Waals surface area contributed by atoms with Crippen LogP contribution in [0, 0.1) is 0 Å². The summed E-state index contributed by atoms with van der Waals surface area (Å²) in [5.74, 6) is -1.44. The molecule has 102 valence electrons. The molecule has 1 aliphatic heterocycles. The van der Waals surface area contributed by atoms with Crippen LogP contribution in [0.2, 0.25) is 0 Å². The third-order valence-electron chi connectivity index (χ3n) is 3.23. The Balaban J connectivity index is 2.28. The number of aliphatic carboxylic acids is 1. The van der Waals surface area contributed by atoms with Crippen molar-refractivity contribution in [3.8, 4) is 0 Å². The van der Waals surface area contributed by atoms with Crippen molar-refractivity contribution in [2.75, 3.05) is 6.54 Å². The minimum atomic E-state index is -1.00. The van der Waals surface area contributed by atoms with Crippen LogP contribution in [0.1, 0.15) is 29.8 Å². The van der Waals surface area contributed by atoms with E-state index >= 15 is 0 Å². The lowest BCUT2D eigenvalue weighted by molar-refractivity contribution is -0.143. The zero-order chi connectivity index (χ0) is 14.0. The highest BCUT2D eigenvalue weighted by molar-refractivity contribution is 5.95. The Hall–Kier alpha value is -2.18. The second-order valence-electron chi connectivity index (χ2n) is 4.53. The predicted octanol–water partition coefficient (Wildman–Crippen LogP) is -0.140. The molecule has 1 aliphatic rings. The Morgan fingerprint density at radius 1 is 1.37 bits per heavy atom. The summed E-state index contributed by atoms with van der Waals surface area (Å²) in [5, 5.41) is 13.0. The number of nitrogens with zero attached hydrogens (tertiary/aromatic N) is 3. The van der Waals surface area contributed by atoms with Crippen LogP contribution >= 0.6 is 0 Å². The van der Waals surface area contributed by atoms with Crippen LogP contribution in [0.3, 0.4) is 0 Å². The molecule has 1 atom stereocenters. The second kappa shape index (κ2) is 5.21. The molecule has 1 saturated heterocycles. The molecule has 0 saturated carbocycles. The van der Waals surface area contributed by atoms with Gasteiger partial charge in [-0.3, -0.25) is 9.59 Å². The van der Waals surface area contributed by atoms with Gasteiger partial charge in [-0.2, -0.15) is 5.10 Å². The molecule has 0 aliphatic carbocycles. The third-order valence-corrected chi connectivity index (χ3v) is 3.23. The highest BCUT2D eigenvalue weighted by atomic mass is 16.4. The minimum absolute atomic E-state index is 0.0928. The molecule has 0 unspecified atom stereocenters. The van der Waals surface area contributed by atoms with Crippen LogP contribution in [0.25, 0.3) is 0 Å². The first-order valence-corrected chi connectivity index (χ1v) is 6.09. The molecule has 1 aromatic heterocycles. The molecular weight excluding hydrogens is 250 g/mol. The zero-order valence-electron chi connectivity index (χ0n) is 10.6. The van der Waals surface area contributed by atoms with E-state index in [1.54, 1.807) is 0 Å². The number of aryl methyl sites for hydroxylation is 1. The molecule has 19 heavy (non-hydrogen) atoms. The van der Waals surface area contributed by atoms with Crippen LogP contribution in [0.15, 0.2) is 16.9 Å². The maximum absolute atomic E-state index is 12.3. The first-order chi connectivity index (χ1) is 9.00.